The Morgan fingerprint density at radius 1 is 1.12 bits per heavy atom. The Morgan fingerprint density at radius 2 is 1.88 bits per heavy atom. The molecule has 0 N–H and O–H groups in total. The zero-order valence-corrected chi connectivity index (χ0v) is 18.4. The number of nitrogens with zero attached hydrogens (tertiary/aromatic N) is 6. The molecule has 11 heteroatoms. The van der Waals surface area contributed by atoms with E-state index in [1.165, 1.54) is 12.5 Å². The molecule has 2 bridgehead atoms. The van der Waals surface area contributed by atoms with Crippen molar-refractivity contribution in [2.45, 2.75) is 16.4 Å². The van der Waals surface area contributed by atoms with Crippen LogP contribution in [0.1, 0.15) is 5.56 Å². The third kappa shape index (κ3) is 2.42. The first-order chi connectivity index (χ1) is 15.8. The van der Waals surface area contributed by atoms with Crippen LogP contribution in [0.25, 0.3) is 10.8 Å². The maximum Gasteiger partial charge on any atom is 0.433 e. The number of carbonyl (C=O) groups is 2. The lowest BCUT2D eigenvalue weighted by molar-refractivity contribution is -0.848. The Hall–Kier alpha value is -3.59. The number of aryl methyl sites for hydroxylation is 1. The highest BCUT2D eigenvalue weighted by Crippen LogP contribution is 2.47. The number of nitriles is 1. The van der Waals surface area contributed by atoms with Gasteiger partial charge in [-0.3, -0.25) is 4.79 Å². The van der Waals surface area contributed by atoms with Crippen molar-refractivity contribution >= 4 is 38.2 Å². The third-order valence-electron chi connectivity index (χ3n) is 7.00. The minimum atomic E-state index is -3.97. The van der Waals surface area contributed by atoms with Crippen molar-refractivity contribution in [1.82, 2.24) is 14.5 Å². The largest absolute Gasteiger partial charge is 0.433 e. The van der Waals surface area contributed by atoms with Crippen molar-refractivity contribution in [2.75, 3.05) is 24.7 Å². The number of quaternary nitrogens is 1. The number of aromatic nitrogens is 2. The summed E-state index contributed by atoms with van der Waals surface area (Å²) >= 11 is 0. The molecule has 0 aliphatic carbocycles. The summed E-state index contributed by atoms with van der Waals surface area (Å²) in [6, 6.07) is 11.0. The van der Waals surface area contributed by atoms with Crippen molar-refractivity contribution in [3.8, 4) is 6.07 Å². The molecule has 0 saturated carbocycles. The molecule has 3 aromatic rings. The molecule has 3 fully saturated rings. The number of piperazine rings is 1. The van der Waals surface area contributed by atoms with Crippen LogP contribution in [-0.2, 0) is 21.7 Å². The van der Waals surface area contributed by atoms with E-state index in [9.17, 15) is 23.3 Å². The van der Waals surface area contributed by atoms with Crippen LogP contribution >= 0.6 is 0 Å². The molecule has 1 aromatic heterocycles. The average Bonchev–Trinajstić information content (AvgIpc) is 3.56. The number of fused-ring (bicyclic) bond motifs is 2. The Morgan fingerprint density at radius 3 is 2.58 bits per heavy atom. The molecule has 3 amide bonds. The topological polar surface area (TPSA) is 116 Å². The summed E-state index contributed by atoms with van der Waals surface area (Å²) in [4.78, 5) is 34.5. The molecular formula is C22H19N6O4S+. The van der Waals surface area contributed by atoms with Crippen LogP contribution in [-0.4, -0.2) is 70.5 Å². The lowest BCUT2D eigenvalue weighted by atomic mass is 10.0. The average molecular weight is 463 g/mol. The molecule has 3 aliphatic rings. The lowest BCUT2D eigenvalue weighted by Gasteiger charge is -2.32. The zero-order chi connectivity index (χ0) is 23.1. The fourth-order valence-corrected chi connectivity index (χ4v) is 7.50. The van der Waals surface area contributed by atoms with E-state index >= 15 is 0 Å². The number of carbonyl (C=O) groups excluding carboxylic acids is 2. The molecule has 3 saturated heterocycles. The van der Waals surface area contributed by atoms with Crippen molar-refractivity contribution in [1.29, 1.82) is 5.26 Å². The van der Waals surface area contributed by atoms with Gasteiger partial charge >= 0.3 is 6.03 Å². The van der Waals surface area contributed by atoms with Crippen LogP contribution in [0.15, 0.2) is 53.9 Å². The number of anilines is 1. The molecule has 4 unspecified atom stereocenters. The Balaban J connectivity index is 1.50. The maximum atomic E-state index is 14.0. The van der Waals surface area contributed by atoms with E-state index in [0.29, 0.717) is 28.6 Å². The molecule has 4 atom stereocenters. The summed E-state index contributed by atoms with van der Waals surface area (Å²) < 4.78 is 28.1. The van der Waals surface area contributed by atoms with E-state index in [2.05, 4.69) is 11.1 Å². The fourth-order valence-electron chi connectivity index (χ4n) is 5.51. The summed E-state index contributed by atoms with van der Waals surface area (Å²) in [6.45, 7) is 0.649. The quantitative estimate of drug-likeness (QED) is 0.423. The molecule has 6 rings (SSSR count). The van der Waals surface area contributed by atoms with Crippen molar-refractivity contribution in [2.24, 2.45) is 7.05 Å². The number of sulfone groups is 1. The predicted molar refractivity (Wildman–Crippen MR) is 116 cm³/mol. The number of benzene rings is 2. The zero-order valence-electron chi connectivity index (χ0n) is 17.6. The van der Waals surface area contributed by atoms with Gasteiger partial charge in [0.15, 0.2) is 11.1 Å². The predicted octanol–water partition coefficient (Wildman–Crippen LogP) is 1.18. The van der Waals surface area contributed by atoms with Gasteiger partial charge in [0.1, 0.15) is 6.67 Å². The second kappa shape index (κ2) is 6.48. The fraction of sp³-hybridized carbons (Fsp3) is 0.273. The minimum Gasteiger partial charge on any atom is -0.339 e. The molecular weight excluding hydrogens is 444 g/mol. The van der Waals surface area contributed by atoms with E-state index in [0.717, 1.165) is 4.90 Å². The first-order valence-corrected chi connectivity index (χ1v) is 12.0. The van der Waals surface area contributed by atoms with Gasteiger partial charge < -0.3 is 4.57 Å². The standard InChI is InChI=1S/C22H19N6O4S/c1-25-10-19(24-12-25)33(31,32)20-11-26-9-18-21(29)27(22(30)28(18,20)13-26)17-7-6-14(8-23)15-4-2-3-5-16(15)17/h2-7,10,12,18,20H,9,11,13H2,1H3/q+1. The smallest absolute Gasteiger partial charge is 0.339 e. The van der Waals surface area contributed by atoms with Crippen LogP contribution < -0.4 is 4.90 Å². The normalized spacial score (nSPS) is 28.5. The summed E-state index contributed by atoms with van der Waals surface area (Å²) in [7, 11) is -2.30. The summed E-state index contributed by atoms with van der Waals surface area (Å²) in [5.74, 6) is -0.418. The number of hydrogen-bond donors (Lipinski definition) is 0. The van der Waals surface area contributed by atoms with Crippen LogP contribution in [0.4, 0.5) is 10.5 Å². The molecule has 4 heterocycles. The SMILES string of the molecule is Cn1cnc(S(=O)(=O)C2CN3CC4C(=O)N(c5ccc(C#N)c6ccccc56)C(=O)[N+]42C3)c1. The summed E-state index contributed by atoms with van der Waals surface area (Å²) in [6.07, 6.45) is 2.82. The Bertz CT molecular complexity index is 1520. The van der Waals surface area contributed by atoms with Gasteiger partial charge in [0.2, 0.25) is 5.37 Å². The van der Waals surface area contributed by atoms with E-state index in [-0.39, 0.29) is 18.2 Å². The monoisotopic (exact) mass is 463 g/mol. The summed E-state index contributed by atoms with van der Waals surface area (Å²) in [5.41, 5.74) is 0.804. The molecule has 10 nitrogen and oxygen atoms in total. The highest BCUT2D eigenvalue weighted by atomic mass is 32.2. The van der Waals surface area contributed by atoms with E-state index < -0.39 is 37.7 Å². The first kappa shape index (κ1) is 20.0. The third-order valence-corrected chi connectivity index (χ3v) is 9.03. The molecule has 3 aliphatic heterocycles. The lowest BCUT2D eigenvalue weighted by Crippen LogP contribution is -2.62. The highest BCUT2D eigenvalue weighted by Gasteiger charge is 2.75. The van der Waals surface area contributed by atoms with Gasteiger partial charge in [0.05, 0.1) is 36.7 Å². The molecule has 0 radical (unpaired) electrons. The van der Waals surface area contributed by atoms with E-state index in [1.54, 1.807) is 48.0 Å². The second-order valence-corrected chi connectivity index (χ2v) is 10.8. The number of imidazole rings is 1. The van der Waals surface area contributed by atoms with Crippen molar-refractivity contribution < 1.29 is 22.5 Å². The van der Waals surface area contributed by atoms with Gasteiger partial charge in [-0.2, -0.15) is 14.6 Å². The minimum absolute atomic E-state index is 0.0995. The number of imide groups is 1. The van der Waals surface area contributed by atoms with E-state index in [1.807, 2.05) is 4.90 Å². The van der Waals surface area contributed by atoms with E-state index in [4.69, 9.17) is 0 Å². The van der Waals surface area contributed by atoms with Gasteiger partial charge in [0, 0.05) is 24.0 Å². The van der Waals surface area contributed by atoms with Gasteiger partial charge in [0.25, 0.3) is 15.7 Å². The maximum absolute atomic E-state index is 14.0. The number of rotatable bonds is 3. The van der Waals surface area contributed by atoms with Crippen LogP contribution in [0.3, 0.4) is 0 Å². The van der Waals surface area contributed by atoms with Crippen molar-refractivity contribution in [3.05, 3.63) is 54.5 Å². The first-order valence-electron chi connectivity index (χ1n) is 10.4. The molecule has 166 valence electrons. The van der Waals surface area contributed by atoms with Crippen LogP contribution in [0, 0.1) is 11.3 Å². The highest BCUT2D eigenvalue weighted by molar-refractivity contribution is 7.91. The van der Waals surface area contributed by atoms with Gasteiger partial charge in [-0.25, -0.2) is 23.1 Å². The molecule has 1 spiro atoms. The molecule has 33 heavy (non-hydrogen) atoms. The second-order valence-electron chi connectivity index (χ2n) is 8.75. The van der Waals surface area contributed by atoms with Gasteiger partial charge in [-0.1, -0.05) is 24.3 Å². The van der Waals surface area contributed by atoms with Crippen LogP contribution in [0.5, 0.6) is 0 Å². The number of amides is 3. The Kier molecular flexibility index (Phi) is 3.93. The van der Waals surface area contributed by atoms with Crippen molar-refractivity contribution in [3.63, 3.8) is 0 Å². The van der Waals surface area contributed by atoms with Gasteiger partial charge in [-0.05, 0) is 12.1 Å². The van der Waals surface area contributed by atoms with Gasteiger partial charge in [-0.15, -0.1) is 0 Å². The number of urea groups is 1. The van der Waals surface area contributed by atoms with Crippen LogP contribution in [0.2, 0.25) is 0 Å². The number of hydrogen-bond acceptors (Lipinski definition) is 7. The Labute approximate surface area is 189 Å². The molecule has 2 aromatic carbocycles. The summed E-state index contributed by atoms with van der Waals surface area (Å²) in [5, 5.41) is 9.48.